The fourth-order valence-electron chi connectivity index (χ4n) is 3.98. The number of benzene rings is 2. The van der Waals surface area contributed by atoms with Crippen molar-refractivity contribution in [2.24, 2.45) is 0 Å². The zero-order valence-electron chi connectivity index (χ0n) is 18.3. The molecule has 0 radical (unpaired) electrons. The normalized spacial score (nSPS) is 14.5. The summed E-state index contributed by atoms with van der Waals surface area (Å²) in [7, 11) is 2.08. The minimum absolute atomic E-state index is 0.588. The number of anilines is 1. The molecule has 0 bridgehead atoms. The van der Waals surface area contributed by atoms with Crippen LogP contribution in [0.15, 0.2) is 48.5 Å². The van der Waals surface area contributed by atoms with Gasteiger partial charge in [0.15, 0.2) is 0 Å². The second kappa shape index (κ2) is 9.11. The number of ether oxygens (including phenoxy) is 1. The number of thiazole rings is 1. The molecule has 0 atom stereocenters. The summed E-state index contributed by atoms with van der Waals surface area (Å²) in [5.74, 6) is 0.876. The lowest BCUT2D eigenvalue weighted by Gasteiger charge is -2.27. The van der Waals surface area contributed by atoms with E-state index >= 15 is 0 Å². The first kappa shape index (κ1) is 21.3. The highest BCUT2D eigenvalue weighted by Crippen LogP contribution is 2.25. The standard InChI is InChI=1S/C23H26N6OS2/c1-17-7-3-5-9-19(17)29-22(27-11-13-30-14-12-27)25-28(23(29)31)16-26(2)15-21-24-18-8-4-6-10-20(18)32-21/h3-10H,11-16H2,1-2H3. The molecule has 0 saturated carbocycles. The first-order valence-corrected chi connectivity index (χ1v) is 11.9. The number of aromatic nitrogens is 4. The molecule has 5 rings (SSSR count). The summed E-state index contributed by atoms with van der Waals surface area (Å²) in [5, 5.41) is 6.05. The Morgan fingerprint density at radius 2 is 1.84 bits per heavy atom. The van der Waals surface area contributed by atoms with E-state index in [1.54, 1.807) is 11.3 Å². The third-order valence-electron chi connectivity index (χ3n) is 5.59. The van der Waals surface area contributed by atoms with E-state index in [1.165, 1.54) is 10.3 Å². The molecule has 0 spiro atoms. The molecule has 0 amide bonds. The molecule has 1 fully saturated rings. The second-order valence-electron chi connectivity index (χ2n) is 8.03. The number of para-hydroxylation sites is 2. The van der Waals surface area contributed by atoms with Crippen LogP contribution in [0, 0.1) is 11.7 Å². The summed E-state index contributed by atoms with van der Waals surface area (Å²) < 4.78 is 11.5. The molecule has 1 aliphatic heterocycles. The number of morpholine rings is 1. The molecule has 1 aliphatic rings. The molecule has 1 saturated heterocycles. The number of fused-ring (bicyclic) bond motifs is 1. The summed E-state index contributed by atoms with van der Waals surface area (Å²) in [5.41, 5.74) is 3.29. The Kier molecular flexibility index (Phi) is 6.05. The van der Waals surface area contributed by atoms with Gasteiger partial charge in [0, 0.05) is 13.1 Å². The van der Waals surface area contributed by atoms with Gasteiger partial charge in [-0.3, -0.25) is 9.47 Å². The first-order valence-electron chi connectivity index (χ1n) is 10.7. The van der Waals surface area contributed by atoms with Crippen molar-refractivity contribution < 1.29 is 4.74 Å². The molecule has 4 aromatic rings. The van der Waals surface area contributed by atoms with Gasteiger partial charge in [-0.05, 0) is 50.0 Å². The molecule has 0 aliphatic carbocycles. The van der Waals surface area contributed by atoms with Crippen molar-refractivity contribution in [1.82, 2.24) is 24.2 Å². The Balaban J connectivity index is 1.45. The van der Waals surface area contributed by atoms with Crippen LogP contribution in [0.25, 0.3) is 15.9 Å². The maximum atomic E-state index is 5.93. The van der Waals surface area contributed by atoms with Gasteiger partial charge in [-0.25, -0.2) is 9.67 Å². The Morgan fingerprint density at radius 3 is 2.62 bits per heavy atom. The summed E-state index contributed by atoms with van der Waals surface area (Å²) in [6.45, 7) is 6.45. The summed E-state index contributed by atoms with van der Waals surface area (Å²) in [6, 6.07) is 16.6. The molecule has 32 heavy (non-hydrogen) atoms. The zero-order chi connectivity index (χ0) is 22.1. The van der Waals surface area contributed by atoms with Crippen LogP contribution in [0.3, 0.4) is 0 Å². The second-order valence-corrected chi connectivity index (χ2v) is 9.51. The van der Waals surface area contributed by atoms with Crippen LogP contribution in [0.1, 0.15) is 10.6 Å². The monoisotopic (exact) mass is 466 g/mol. The molecule has 9 heteroatoms. The number of rotatable bonds is 6. The van der Waals surface area contributed by atoms with Gasteiger partial charge in [-0.1, -0.05) is 30.3 Å². The van der Waals surface area contributed by atoms with E-state index in [0.717, 1.165) is 41.8 Å². The highest BCUT2D eigenvalue weighted by atomic mass is 32.1. The van der Waals surface area contributed by atoms with Crippen molar-refractivity contribution in [2.75, 3.05) is 38.3 Å². The van der Waals surface area contributed by atoms with Gasteiger partial charge in [0.1, 0.15) is 5.01 Å². The lowest BCUT2D eigenvalue weighted by molar-refractivity contribution is 0.121. The maximum absolute atomic E-state index is 5.93. The van der Waals surface area contributed by atoms with E-state index < -0.39 is 0 Å². The third-order valence-corrected chi connectivity index (χ3v) is 7.01. The third kappa shape index (κ3) is 4.21. The topological polar surface area (TPSA) is 51.4 Å². The van der Waals surface area contributed by atoms with E-state index in [9.17, 15) is 0 Å². The molecule has 0 unspecified atom stereocenters. The van der Waals surface area contributed by atoms with Crippen LogP contribution in [-0.4, -0.2) is 57.6 Å². The van der Waals surface area contributed by atoms with Crippen LogP contribution in [0.4, 0.5) is 5.95 Å². The van der Waals surface area contributed by atoms with Crippen molar-refractivity contribution in [3.63, 3.8) is 0 Å². The predicted molar refractivity (Wildman–Crippen MR) is 131 cm³/mol. The van der Waals surface area contributed by atoms with Gasteiger partial charge >= 0.3 is 0 Å². The van der Waals surface area contributed by atoms with Gasteiger partial charge in [0.05, 0.1) is 42.3 Å². The van der Waals surface area contributed by atoms with Crippen LogP contribution in [0.2, 0.25) is 0 Å². The van der Waals surface area contributed by atoms with E-state index in [1.807, 2.05) is 22.9 Å². The Morgan fingerprint density at radius 1 is 1.09 bits per heavy atom. The number of nitrogens with zero attached hydrogens (tertiary/aromatic N) is 6. The van der Waals surface area contributed by atoms with E-state index in [2.05, 4.69) is 58.7 Å². The highest BCUT2D eigenvalue weighted by Gasteiger charge is 2.22. The smallest absolute Gasteiger partial charge is 0.230 e. The Hall–Kier alpha value is -2.59. The van der Waals surface area contributed by atoms with Gasteiger partial charge in [-0.15, -0.1) is 16.4 Å². The molecular formula is C23H26N6OS2. The fraction of sp³-hybridized carbons (Fsp3) is 0.348. The van der Waals surface area contributed by atoms with Crippen LogP contribution in [0.5, 0.6) is 0 Å². The minimum Gasteiger partial charge on any atom is -0.378 e. The average molecular weight is 467 g/mol. The van der Waals surface area contributed by atoms with Crippen molar-refractivity contribution in [3.8, 4) is 5.69 Å². The molecule has 3 heterocycles. The van der Waals surface area contributed by atoms with Crippen molar-refractivity contribution in [1.29, 1.82) is 0 Å². The lowest BCUT2D eigenvalue weighted by Crippen LogP contribution is -2.38. The predicted octanol–water partition coefficient (Wildman–Crippen LogP) is 4.25. The Bertz CT molecular complexity index is 1250. The van der Waals surface area contributed by atoms with Crippen molar-refractivity contribution in [3.05, 3.63) is 63.9 Å². The van der Waals surface area contributed by atoms with E-state index in [-0.39, 0.29) is 0 Å². The van der Waals surface area contributed by atoms with Crippen molar-refractivity contribution in [2.45, 2.75) is 20.1 Å². The summed E-state index contributed by atoms with van der Waals surface area (Å²) >= 11 is 7.66. The van der Waals surface area contributed by atoms with E-state index in [0.29, 0.717) is 24.7 Å². The van der Waals surface area contributed by atoms with Crippen LogP contribution in [-0.2, 0) is 18.0 Å². The summed E-state index contributed by atoms with van der Waals surface area (Å²) in [4.78, 5) is 9.23. The highest BCUT2D eigenvalue weighted by molar-refractivity contribution is 7.71. The first-order chi connectivity index (χ1) is 15.6. The zero-order valence-corrected chi connectivity index (χ0v) is 19.9. The molecule has 7 nitrogen and oxygen atoms in total. The van der Waals surface area contributed by atoms with Gasteiger partial charge in [0.25, 0.3) is 0 Å². The molecule has 2 aromatic heterocycles. The largest absolute Gasteiger partial charge is 0.378 e. The lowest BCUT2D eigenvalue weighted by atomic mass is 10.2. The maximum Gasteiger partial charge on any atom is 0.230 e. The molecule has 0 N–H and O–H groups in total. The fourth-order valence-corrected chi connectivity index (χ4v) is 5.30. The number of hydrogen-bond acceptors (Lipinski definition) is 7. The van der Waals surface area contributed by atoms with E-state index in [4.69, 9.17) is 27.0 Å². The minimum atomic E-state index is 0.588. The summed E-state index contributed by atoms with van der Waals surface area (Å²) in [6.07, 6.45) is 0. The molecule has 166 valence electrons. The number of hydrogen-bond donors (Lipinski definition) is 0. The van der Waals surface area contributed by atoms with Crippen LogP contribution < -0.4 is 4.90 Å². The van der Waals surface area contributed by atoms with Gasteiger partial charge in [0.2, 0.25) is 10.7 Å². The molecule has 2 aromatic carbocycles. The SMILES string of the molecule is Cc1ccccc1-n1c(N2CCOCC2)nn(CN(C)Cc2nc3ccccc3s2)c1=S. The van der Waals surface area contributed by atoms with Gasteiger partial charge < -0.3 is 9.64 Å². The van der Waals surface area contributed by atoms with Crippen molar-refractivity contribution >= 4 is 39.7 Å². The van der Waals surface area contributed by atoms with Gasteiger partial charge in [-0.2, -0.15) is 0 Å². The Labute approximate surface area is 196 Å². The quantitative estimate of drug-likeness (QED) is 0.396. The average Bonchev–Trinajstić information content (AvgIpc) is 3.35. The molecular weight excluding hydrogens is 440 g/mol. The van der Waals surface area contributed by atoms with Crippen LogP contribution >= 0.6 is 23.6 Å². The number of aryl methyl sites for hydroxylation is 1.